The average Bonchev–Trinajstić information content (AvgIpc) is 2.60. The summed E-state index contributed by atoms with van der Waals surface area (Å²) in [6, 6.07) is 8.90. The van der Waals surface area contributed by atoms with Gasteiger partial charge in [0.15, 0.2) is 0 Å². The monoisotopic (exact) mass is 393 g/mol. The van der Waals surface area contributed by atoms with Gasteiger partial charge in [0.2, 0.25) is 11.8 Å². The van der Waals surface area contributed by atoms with E-state index in [4.69, 9.17) is 23.2 Å². The van der Waals surface area contributed by atoms with Gasteiger partial charge in [-0.05, 0) is 36.2 Å². The van der Waals surface area contributed by atoms with E-state index in [0.717, 1.165) is 0 Å². The molecule has 0 fully saturated rings. The third kappa shape index (κ3) is 3.79. The van der Waals surface area contributed by atoms with Gasteiger partial charge in [0.25, 0.3) is 5.69 Å². The number of nitro groups is 1. The first-order valence-corrected chi connectivity index (χ1v) is 8.43. The summed E-state index contributed by atoms with van der Waals surface area (Å²) in [7, 11) is 0. The number of non-ortho nitro benzene ring substituents is 1. The van der Waals surface area contributed by atoms with Crippen LogP contribution in [0.3, 0.4) is 0 Å². The normalized spacial score (nSPS) is 13.3. The lowest BCUT2D eigenvalue weighted by molar-refractivity contribution is -0.384. The zero-order chi connectivity index (χ0) is 18.8. The lowest BCUT2D eigenvalue weighted by atomic mass is 10.0. The molecule has 2 amide bonds. The summed E-state index contributed by atoms with van der Waals surface area (Å²) in [5.41, 5.74) is 1.46. The van der Waals surface area contributed by atoms with E-state index in [0.29, 0.717) is 33.4 Å². The molecule has 7 nitrogen and oxygen atoms in total. The minimum absolute atomic E-state index is 0.0480. The Hall–Kier alpha value is -2.64. The molecule has 0 bridgehead atoms. The first-order valence-electron chi connectivity index (χ1n) is 7.68. The van der Waals surface area contributed by atoms with Crippen molar-refractivity contribution >= 4 is 52.1 Å². The fourth-order valence-electron chi connectivity index (χ4n) is 2.76. The highest BCUT2D eigenvalue weighted by molar-refractivity contribution is 6.35. The van der Waals surface area contributed by atoms with Crippen molar-refractivity contribution in [1.29, 1.82) is 0 Å². The maximum Gasteiger partial charge on any atom is 0.269 e. The van der Waals surface area contributed by atoms with E-state index in [-0.39, 0.29) is 24.6 Å². The van der Waals surface area contributed by atoms with Gasteiger partial charge in [-0.1, -0.05) is 23.2 Å². The minimum atomic E-state index is -0.491. The van der Waals surface area contributed by atoms with Gasteiger partial charge >= 0.3 is 0 Å². The average molecular weight is 394 g/mol. The zero-order valence-electron chi connectivity index (χ0n) is 13.4. The molecule has 134 valence electrons. The molecule has 1 heterocycles. The second-order valence-electron chi connectivity index (χ2n) is 5.72. The molecule has 26 heavy (non-hydrogen) atoms. The Morgan fingerprint density at radius 1 is 1.19 bits per heavy atom. The van der Waals surface area contributed by atoms with Crippen molar-refractivity contribution in [1.82, 2.24) is 0 Å². The molecular formula is C17H13Cl2N3O4. The molecule has 2 aromatic rings. The summed E-state index contributed by atoms with van der Waals surface area (Å²) in [6.45, 7) is -0.230. The Bertz CT molecular complexity index is 917. The number of benzene rings is 2. The van der Waals surface area contributed by atoms with Crippen LogP contribution in [0.1, 0.15) is 12.0 Å². The first kappa shape index (κ1) is 18.2. The van der Waals surface area contributed by atoms with E-state index in [1.165, 1.54) is 29.2 Å². The number of aryl methyl sites for hydroxylation is 1. The number of anilines is 2. The number of carbonyl (C=O) groups excluding carboxylic acids is 2. The Morgan fingerprint density at radius 2 is 1.96 bits per heavy atom. The number of nitrogens with one attached hydrogen (secondary N) is 1. The fraction of sp³-hybridized carbons (Fsp3) is 0.176. The Kier molecular flexibility index (Phi) is 5.11. The summed E-state index contributed by atoms with van der Waals surface area (Å²) < 4.78 is 0. The van der Waals surface area contributed by atoms with Crippen LogP contribution in [-0.4, -0.2) is 23.3 Å². The highest BCUT2D eigenvalue weighted by atomic mass is 35.5. The van der Waals surface area contributed by atoms with Crippen molar-refractivity contribution in [3.05, 3.63) is 62.1 Å². The van der Waals surface area contributed by atoms with Gasteiger partial charge in [0, 0.05) is 29.3 Å². The van der Waals surface area contributed by atoms with Crippen LogP contribution in [0.4, 0.5) is 17.1 Å². The second-order valence-corrected chi connectivity index (χ2v) is 6.57. The molecule has 1 N–H and O–H groups in total. The van der Waals surface area contributed by atoms with E-state index in [2.05, 4.69) is 5.32 Å². The molecule has 0 spiro atoms. The largest absolute Gasteiger partial charge is 0.323 e. The Balaban J connectivity index is 1.81. The number of fused-ring (bicyclic) bond motifs is 1. The number of nitrogens with zero attached hydrogens (tertiary/aromatic N) is 2. The maximum atomic E-state index is 12.4. The van der Waals surface area contributed by atoms with Crippen LogP contribution in [0.5, 0.6) is 0 Å². The van der Waals surface area contributed by atoms with Crippen molar-refractivity contribution in [3.63, 3.8) is 0 Å². The molecule has 9 heteroatoms. The predicted octanol–water partition coefficient (Wildman–Crippen LogP) is 3.82. The summed E-state index contributed by atoms with van der Waals surface area (Å²) in [6.07, 6.45) is 0.577. The Morgan fingerprint density at radius 3 is 2.69 bits per heavy atom. The molecule has 0 aliphatic carbocycles. The number of nitro benzene ring substituents is 1. The van der Waals surface area contributed by atoms with Gasteiger partial charge in [-0.2, -0.15) is 0 Å². The third-order valence-corrected chi connectivity index (χ3v) is 4.54. The number of hydrogen-bond donors (Lipinski definition) is 1. The van der Waals surface area contributed by atoms with Crippen LogP contribution in [0, 0.1) is 10.1 Å². The molecular weight excluding hydrogens is 381 g/mol. The van der Waals surface area contributed by atoms with Crippen LogP contribution in [0.15, 0.2) is 36.4 Å². The van der Waals surface area contributed by atoms with Crippen LogP contribution in [0.25, 0.3) is 0 Å². The molecule has 0 unspecified atom stereocenters. The molecule has 0 atom stereocenters. The first-order chi connectivity index (χ1) is 12.3. The van der Waals surface area contributed by atoms with Crippen LogP contribution < -0.4 is 10.2 Å². The van der Waals surface area contributed by atoms with E-state index in [1.807, 2.05) is 0 Å². The van der Waals surface area contributed by atoms with Crippen molar-refractivity contribution in [2.75, 3.05) is 16.8 Å². The quantitative estimate of drug-likeness (QED) is 0.630. The predicted molar refractivity (Wildman–Crippen MR) is 98.9 cm³/mol. The van der Waals surface area contributed by atoms with Crippen molar-refractivity contribution in [2.24, 2.45) is 0 Å². The minimum Gasteiger partial charge on any atom is -0.323 e. The number of amides is 2. The van der Waals surface area contributed by atoms with E-state index >= 15 is 0 Å². The van der Waals surface area contributed by atoms with E-state index in [1.54, 1.807) is 12.1 Å². The smallest absolute Gasteiger partial charge is 0.269 e. The number of hydrogen-bond acceptors (Lipinski definition) is 4. The number of halogens is 2. The van der Waals surface area contributed by atoms with Gasteiger partial charge in [0.1, 0.15) is 6.54 Å². The molecule has 1 aliphatic heterocycles. The van der Waals surface area contributed by atoms with Crippen molar-refractivity contribution in [3.8, 4) is 0 Å². The number of rotatable bonds is 4. The molecule has 0 saturated heterocycles. The van der Waals surface area contributed by atoms with Crippen LogP contribution >= 0.6 is 23.2 Å². The van der Waals surface area contributed by atoms with Gasteiger partial charge in [-0.15, -0.1) is 0 Å². The molecule has 1 aliphatic rings. The third-order valence-electron chi connectivity index (χ3n) is 3.98. The van der Waals surface area contributed by atoms with Crippen molar-refractivity contribution < 1.29 is 14.5 Å². The molecule has 0 radical (unpaired) electrons. The van der Waals surface area contributed by atoms with Gasteiger partial charge in [-0.3, -0.25) is 19.7 Å². The van der Waals surface area contributed by atoms with Crippen molar-refractivity contribution in [2.45, 2.75) is 12.8 Å². The highest BCUT2D eigenvalue weighted by Gasteiger charge is 2.27. The summed E-state index contributed by atoms with van der Waals surface area (Å²) in [5.74, 6) is -0.674. The maximum absolute atomic E-state index is 12.4. The second kappa shape index (κ2) is 7.31. The topological polar surface area (TPSA) is 92.5 Å². The molecule has 3 rings (SSSR count). The highest BCUT2D eigenvalue weighted by Crippen LogP contribution is 2.31. The van der Waals surface area contributed by atoms with Gasteiger partial charge < -0.3 is 10.2 Å². The lowest BCUT2D eigenvalue weighted by Crippen LogP contribution is -2.40. The summed E-state index contributed by atoms with van der Waals surface area (Å²) in [5, 5.41) is 14.3. The zero-order valence-corrected chi connectivity index (χ0v) is 14.9. The van der Waals surface area contributed by atoms with E-state index < -0.39 is 10.8 Å². The van der Waals surface area contributed by atoms with E-state index in [9.17, 15) is 19.7 Å². The fourth-order valence-corrected chi connectivity index (χ4v) is 3.10. The Labute approximate surface area is 158 Å². The molecule has 2 aromatic carbocycles. The SMILES string of the molecule is O=C(CN1C(=O)CCc2cc([N+](=O)[O-])ccc21)Nc1cc(Cl)ccc1Cl. The summed E-state index contributed by atoms with van der Waals surface area (Å²) in [4.78, 5) is 36.3. The number of carbonyl (C=O) groups is 2. The molecule has 0 aromatic heterocycles. The lowest BCUT2D eigenvalue weighted by Gasteiger charge is -2.28. The summed E-state index contributed by atoms with van der Waals surface area (Å²) >= 11 is 11.9. The van der Waals surface area contributed by atoms with Gasteiger partial charge in [-0.25, -0.2) is 0 Å². The standard InChI is InChI=1S/C17H13Cl2N3O4/c18-11-2-4-13(19)14(8-11)20-16(23)9-21-15-5-3-12(22(25)26)7-10(15)1-6-17(21)24/h2-5,7-8H,1,6,9H2,(H,20,23). The van der Waals surface area contributed by atoms with Crippen LogP contribution in [-0.2, 0) is 16.0 Å². The van der Waals surface area contributed by atoms with Gasteiger partial charge in [0.05, 0.1) is 15.6 Å². The molecule has 0 saturated carbocycles. The van der Waals surface area contributed by atoms with Crippen LogP contribution in [0.2, 0.25) is 10.0 Å².